The molecule has 0 saturated heterocycles. The number of carbonyl (C=O) groups excluding carboxylic acids is 1. The van der Waals surface area contributed by atoms with Crippen molar-refractivity contribution >= 4 is 27.9 Å². The molecule has 0 aliphatic heterocycles. The Labute approximate surface area is 136 Å². The molecule has 0 fully saturated rings. The van der Waals surface area contributed by atoms with Gasteiger partial charge in [0.15, 0.2) is 5.69 Å². The van der Waals surface area contributed by atoms with E-state index in [0.717, 1.165) is 30.0 Å². The van der Waals surface area contributed by atoms with Crippen LogP contribution in [-0.2, 0) is 0 Å². The second-order valence-corrected chi connectivity index (χ2v) is 6.02. The molecule has 1 aliphatic rings. The van der Waals surface area contributed by atoms with Crippen LogP contribution >= 0.6 is 0 Å². The molecule has 0 bridgehead atoms. The molecule has 4 heteroatoms. The highest BCUT2D eigenvalue weighted by Gasteiger charge is 2.16. The first kappa shape index (κ1) is 15.5. The Morgan fingerprint density at radius 3 is 2.91 bits per heavy atom. The van der Waals surface area contributed by atoms with Gasteiger partial charge in [0.05, 0.1) is 5.69 Å². The summed E-state index contributed by atoms with van der Waals surface area (Å²) in [5.74, 6) is -0.200. The van der Waals surface area contributed by atoms with Crippen LogP contribution in [0.25, 0.3) is 16.3 Å². The number of allylic oxidation sites excluding steroid dienone is 2. The quantitative estimate of drug-likeness (QED) is 0.899. The molecule has 120 valence electrons. The Balaban J connectivity index is 2.05. The van der Waals surface area contributed by atoms with Crippen LogP contribution < -0.4 is 11.1 Å². The Morgan fingerprint density at radius 2 is 2.17 bits per heavy atom. The highest BCUT2D eigenvalue weighted by atomic mass is 16.1. The fourth-order valence-electron chi connectivity index (χ4n) is 3.13. The summed E-state index contributed by atoms with van der Waals surface area (Å²) in [4.78, 5) is 16.5. The highest BCUT2D eigenvalue weighted by molar-refractivity contribution is 6.08. The summed E-state index contributed by atoms with van der Waals surface area (Å²) < 4.78 is 0. The Kier molecular flexibility index (Phi) is 4.60. The van der Waals surface area contributed by atoms with E-state index in [2.05, 4.69) is 22.4 Å². The van der Waals surface area contributed by atoms with Gasteiger partial charge < -0.3 is 11.1 Å². The number of aromatic nitrogens is 1. The molecule has 1 aromatic carbocycles. The molecule has 3 rings (SSSR count). The third kappa shape index (κ3) is 3.07. The maximum Gasteiger partial charge on any atom is 0.272 e. The zero-order valence-corrected chi connectivity index (χ0v) is 13.6. The van der Waals surface area contributed by atoms with E-state index >= 15 is 0 Å². The van der Waals surface area contributed by atoms with E-state index in [0.29, 0.717) is 17.9 Å². The molecule has 0 radical (unpaired) electrons. The van der Waals surface area contributed by atoms with Crippen LogP contribution in [0.5, 0.6) is 0 Å². The van der Waals surface area contributed by atoms with Crippen molar-refractivity contribution in [2.24, 2.45) is 0 Å². The van der Waals surface area contributed by atoms with Gasteiger partial charge in [0.2, 0.25) is 0 Å². The largest absolute Gasteiger partial charge is 0.396 e. The van der Waals surface area contributed by atoms with Crippen molar-refractivity contribution in [3.8, 4) is 0 Å². The Bertz CT molecular complexity index is 765. The van der Waals surface area contributed by atoms with Crippen molar-refractivity contribution in [3.63, 3.8) is 0 Å². The maximum absolute atomic E-state index is 12.2. The molecule has 0 saturated carbocycles. The maximum atomic E-state index is 12.2. The summed E-state index contributed by atoms with van der Waals surface area (Å²) in [6.45, 7) is 2.65. The van der Waals surface area contributed by atoms with E-state index < -0.39 is 0 Å². The molecule has 4 nitrogen and oxygen atoms in total. The topological polar surface area (TPSA) is 68.0 Å². The molecule has 1 heterocycles. The molecule has 1 aromatic heterocycles. The van der Waals surface area contributed by atoms with Crippen LogP contribution in [0.1, 0.15) is 55.1 Å². The zero-order chi connectivity index (χ0) is 16.2. The normalized spacial score (nSPS) is 14.6. The molecular formula is C19H23N3O. The summed E-state index contributed by atoms with van der Waals surface area (Å²) in [5, 5.41) is 4.78. The van der Waals surface area contributed by atoms with Gasteiger partial charge in [-0.15, -0.1) is 0 Å². The number of fused-ring (bicyclic) bond motifs is 1. The molecular weight excluding hydrogens is 286 g/mol. The predicted molar refractivity (Wildman–Crippen MR) is 95.2 cm³/mol. The number of pyridine rings is 1. The summed E-state index contributed by atoms with van der Waals surface area (Å²) in [5.41, 5.74) is 9.60. The lowest BCUT2D eigenvalue weighted by molar-refractivity contribution is 0.0950. The van der Waals surface area contributed by atoms with Gasteiger partial charge in [-0.05, 0) is 43.2 Å². The third-order valence-electron chi connectivity index (χ3n) is 4.36. The van der Waals surface area contributed by atoms with Gasteiger partial charge >= 0.3 is 0 Å². The van der Waals surface area contributed by atoms with Crippen LogP contribution in [0, 0.1) is 0 Å². The molecule has 2 aromatic rings. The summed E-state index contributed by atoms with van der Waals surface area (Å²) in [7, 11) is 0. The first-order valence-electron chi connectivity index (χ1n) is 8.37. The van der Waals surface area contributed by atoms with Crippen LogP contribution in [0.4, 0.5) is 5.69 Å². The van der Waals surface area contributed by atoms with Gasteiger partial charge in [-0.2, -0.15) is 0 Å². The monoisotopic (exact) mass is 309 g/mol. The molecule has 1 amide bonds. The lowest BCUT2D eigenvalue weighted by Crippen LogP contribution is -2.26. The predicted octanol–water partition coefficient (Wildman–Crippen LogP) is 3.91. The number of amides is 1. The third-order valence-corrected chi connectivity index (χ3v) is 4.36. The van der Waals surface area contributed by atoms with Crippen LogP contribution in [0.15, 0.2) is 30.5 Å². The second kappa shape index (κ2) is 6.82. The Hall–Kier alpha value is -2.36. The molecule has 1 aliphatic carbocycles. The average molecular weight is 309 g/mol. The van der Waals surface area contributed by atoms with E-state index in [9.17, 15) is 4.79 Å². The minimum absolute atomic E-state index is 0.200. The van der Waals surface area contributed by atoms with Gasteiger partial charge in [0.25, 0.3) is 5.91 Å². The van der Waals surface area contributed by atoms with E-state index in [4.69, 9.17) is 5.73 Å². The SMILES string of the molecule is CCCNC(=O)c1ncc2c(C3=CCCCC3)cccc2c1N. The summed E-state index contributed by atoms with van der Waals surface area (Å²) >= 11 is 0. The van der Waals surface area contributed by atoms with E-state index in [1.807, 2.05) is 19.1 Å². The zero-order valence-electron chi connectivity index (χ0n) is 13.6. The number of hydrogen-bond donors (Lipinski definition) is 2. The van der Waals surface area contributed by atoms with Crippen molar-refractivity contribution in [1.82, 2.24) is 10.3 Å². The number of nitrogen functional groups attached to an aromatic ring is 1. The number of anilines is 1. The van der Waals surface area contributed by atoms with Gasteiger partial charge in [-0.25, -0.2) is 4.98 Å². The minimum Gasteiger partial charge on any atom is -0.396 e. The highest BCUT2D eigenvalue weighted by Crippen LogP contribution is 2.34. The minimum atomic E-state index is -0.200. The van der Waals surface area contributed by atoms with Crippen molar-refractivity contribution in [3.05, 3.63) is 41.7 Å². The molecule has 23 heavy (non-hydrogen) atoms. The van der Waals surface area contributed by atoms with Crippen molar-refractivity contribution in [2.45, 2.75) is 39.0 Å². The molecule has 0 atom stereocenters. The van der Waals surface area contributed by atoms with Crippen molar-refractivity contribution in [2.75, 3.05) is 12.3 Å². The second-order valence-electron chi connectivity index (χ2n) is 6.02. The number of carbonyl (C=O) groups is 1. The van der Waals surface area contributed by atoms with E-state index in [1.165, 1.54) is 24.0 Å². The lowest BCUT2D eigenvalue weighted by Gasteiger charge is -2.16. The van der Waals surface area contributed by atoms with Crippen LogP contribution in [0.2, 0.25) is 0 Å². The number of hydrogen-bond acceptors (Lipinski definition) is 3. The van der Waals surface area contributed by atoms with E-state index in [1.54, 1.807) is 6.20 Å². The van der Waals surface area contributed by atoms with Gasteiger partial charge in [0.1, 0.15) is 0 Å². The number of nitrogens with two attached hydrogens (primary N) is 1. The summed E-state index contributed by atoms with van der Waals surface area (Å²) in [6.07, 6.45) is 9.70. The number of nitrogens with one attached hydrogen (secondary N) is 1. The standard InChI is InChI=1S/C19H23N3O/c1-2-11-21-19(23)18-17(20)15-10-6-9-14(16(15)12-22-18)13-7-4-3-5-8-13/h6-7,9-10,12H,2-5,8,11,20H2,1H3,(H,21,23). The first-order chi connectivity index (χ1) is 11.2. The molecule has 0 unspecified atom stereocenters. The van der Waals surface area contributed by atoms with Gasteiger partial charge in [0, 0.05) is 23.5 Å². The van der Waals surface area contributed by atoms with E-state index in [-0.39, 0.29) is 5.91 Å². The van der Waals surface area contributed by atoms with Crippen molar-refractivity contribution in [1.29, 1.82) is 0 Å². The fraction of sp³-hybridized carbons (Fsp3) is 0.368. The van der Waals surface area contributed by atoms with Gasteiger partial charge in [-0.1, -0.05) is 31.2 Å². The van der Waals surface area contributed by atoms with Gasteiger partial charge in [-0.3, -0.25) is 4.79 Å². The number of rotatable bonds is 4. The lowest BCUT2D eigenvalue weighted by atomic mass is 9.90. The Morgan fingerprint density at radius 1 is 1.30 bits per heavy atom. The molecule has 0 spiro atoms. The number of nitrogens with zero attached hydrogens (tertiary/aromatic N) is 1. The fourth-order valence-corrected chi connectivity index (χ4v) is 3.13. The van der Waals surface area contributed by atoms with Crippen LogP contribution in [0.3, 0.4) is 0 Å². The number of benzene rings is 1. The first-order valence-corrected chi connectivity index (χ1v) is 8.37. The van der Waals surface area contributed by atoms with Crippen LogP contribution in [-0.4, -0.2) is 17.4 Å². The molecule has 3 N–H and O–H groups in total. The average Bonchev–Trinajstić information content (AvgIpc) is 2.60. The summed E-state index contributed by atoms with van der Waals surface area (Å²) in [6, 6.07) is 6.10. The van der Waals surface area contributed by atoms with Crippen molar-refractivity contribution < 1.29 is 4.79 Å². The smallest absolute Gasteiger partial charge is 0.272 e.